The fourth-order valence-electron chi connectivity index (χ4n) is 4.52. The Balaban J connectivity index is 1.24. The lowest BCUT2D eigenvalue weighted by Crippen LogP contribution is -2.22. The third kappa shape index (κ3) is 3.96. The molecule has 1 aromatic carbocycles. The van der Waals surface area contributed by atoms with Crippen molar-refractivity contribution in [1.29, 1.82) is 0 Å². The van der Waals surface area contributed by atoms with Crippen LogP contribution in [0.2, 0.25) is 0 Å². The standard InChI is InChI=1S/C24H23FN10O/c1-33-22(6-9-28-33)30-24-26-8-5-18(29-24)15-3-4-20-19(11-15)31-32-35(20)17-7-10-34(14-17)21-12-16(25)13-27-23(21)36-2/h3-6,8-9,11-13,17H,7,10,14H2,1-2H3,(H,26,29,30)/t17-/m0/s1. The fourth-order valence-corrected chi connectivity index (χ4v) is 4.52. The van der Waals surface area contributed by atoms with E-state index in [1.165, 1.54) is 13.2 Å². The van der Waals surface area contributed by atoms with Gasteiger partial charge in [-0.15, -0.1) is 5.10 Å². The highest BCUT2D eigenvalue weighted by atomic mass is 19.1. The van der Waals surface area contributed by atoms with Gasteiger partial charge in [0.25, 0.3) is 0 Å². The van der Waals surface area contributed by atoms with Crippen LogP contribution in [0, 0.1) is 5.82 Å². The van der Waals surface area contributed by atoms with Crippen molar-refractivity contribution in [2.24, 2.45) is 7.05 Å². The van der Waals surface area contributed by atoms with Crippen LogP contribution in [0.25, 0.3) is 22.3 Å². The summed E-state index contributed by atoms with van der Waals surface area (Å²) in [5.41, 5.74) is 4.02. The van der Waals surface area contributed by atoms with Crippen LogP contribution in [0.4, 0.5) is 21.8 Å². The summed E-state index contributed by atoms with van der Waals surface area (Å²) in [4.78, 5) is 15.1. The summed E-state index contributed by atoms with van der Waals surface area (Å²) in [5.74, 6) is 1.29. The Morgan fingerprint density at radius 1 is 1.11 bits per heavy atom. The Bertz CT molecular complexity index is 1550. The first-order valence-corrected chi connectivity index (χ1v) is 11.5. The number of anilines is 3. The molecule has 1 atom stereocenters. The molecule has 1 N–H and O–H groups in total. The highest BCUT2D eigenvalue weighted by molar-refractivity contribution is 5.81. The summed E-state index contributed by atoms with van der Waals surface area (Å²) in [6.45, 7) is 1.38. The van der Waals surface area contributed by atoms with Gasteiger partial charge in [-0.25, -0.2) is 24.0 Å². The molecule has 182 valence electrons. The third-order valence-corrected chi connectivity index (χ3v) is 6.33. The van der Waals surface area contributed by atoms with E-state index in [1.54, 1.807) is 17.1 Å². The molecule has 0 bridgehead atoms. The molecule has 1 aliphatic rings. The van der Waals surface area contributed by atoms with Crippen molar-refractivity contribution in [3.63, 3.8) is 0 Å². The van der Waals surface area contributed by atoms with Crippen LogP contribution in [0.3, 0.4) is 0 Å². The predicted molar refractivity (Wildman–Crippen MR) is 132 cm³/mol. The largest absolute Gasteiger partial charge is 0.480 e. The molecule has 0 radical (unpaired) electrons. The van der Waals surface area contributed by atoms with Gasteiger partial charge < -0.3 is 15.0 Å². The van der Waals surface area contributed by atoms with E-state index >= 15 is 0 Å². The molecular formula is C24H23FN10O. The van der Waals surface area contributed by atoms with Gasteiger partial charge in [0.15, 0.2) is 0 Å². The van der Waals surface area contributed by atoms with E-state index < -0.39 is 5.82 Å². The van der Waals surface area contributed by atoms with Crippen LogP contribution in [0.5, 0.6) is 5.88 Å². The number of benzene rings is 1. The van der Waals surface area contributed by atoms with Crippen LogP contribution in [-0.4, -0.2) is 59.9 Å². The number of aromatic nitrogens is 8. The molecule has 0 spiro atoms. The van der Waals surface area contributed by atoms with Crippen molar-refractivity contribution in [1.82, 2.24) is 39.7 Å². The number of hydrogen-bond donors (Lipinski definition) is 1. The van der Waals surface area contributed by atoms with Gasteiger partial charge in [0.2, 0.25) is 11.8 Å². The van der Waals surface area contributed by atoms with Crippen molar-refractivity contribution < 1.29 is 9.13 Å². The summed E-state index contributed by atoms with van der Waals surface area (Å²) in [6, 6.07) is 11.2. The predicted octanol–water partition coefficient (Wildman–Crippen LogP) is 3.36. The number of pyridine rings is 1. The Morgan fingerprint density at radius 2 is 2.03 bits per heavy atom. The second-order valence-corrected chi connectivity index (χ2v) is 8.54. The second-order valence-electron chi connectivity index (χ2n) is 8.54. The first-order valence-electron chi connectivity index (χ1n) is 11.5. The van der Waals surface area contributed by atoms with Gasteiger partial charge in [-0.3, -0.25) is 4.68 Å². The molecule has 5 heterocycles. The maximum atomic E-state index is 13.8. The highest BCUT2D eigenvalue weighted by Crippen LogP contribution is 2.34. The van der Waals surface area contributed by atoms with Crippen LogP contribution in [-0.2, 0) is 7.05 Å². The summed E-state index contributed by atoms with van der Waals surface area (Å²) >= 11 is 0. The number of nitrogens with one attached hydrogen (secondary N) is 1. The zero-order valence-corrected chi connectivity index (χ0v) is 19.7. The minimum atomic E-state index is -0.392. The molecule has 5 aromatic rings. The first-order chi connectivity index (χ1) is 17.6. The van der Waals surface area contributed by atoms with Crippen molar-refractivity contribution in [2.45, 2.75) is 12.5 Å². The molecule has 1 saturated heterocycles. The molecule has 0 unspecified atom stereocenters. The van der Waals surface area contributed by atoms with E-state index in [4.69, 9.17) is 4.74 Å². The Kier molecular flexibility index (Phi) is 5.40. The van der Waals surface area contributed by atoms with E-state index in [0.717, 1.165) is 47.3 Å². The molecule has 0 amide bonds. The van der Waals surface area contributed by atoms with Crippen molar-refractivity contribution in [2.75, 3.05) is 30.4 Å². The average molecular weight is 487 g/mol. The minimum absolute atomic E-state index is 0.0857. The number of aryl methyl sites for hydroxylation is 1. The number of methoxy groups -OCH3 is 1. The third-order valence-electron chi connectivity index (χ3n) is 6.33. The summed E-state index contributed by atoms with van der Waals surface area (Å²) in [7, 11) is 3.38. The lowest BCUT2D eigenvalue weighted by Gasteiger charge is -2.20. The van der Waals surface area contributed by atoms with Gasteiger partial charge in [0.1, 0.15) is 22.8 Å². The van der Waals surface area contributed by atoms with Crippen LogP contribution >= 0.6 is 0 Å². The Labute approximate surface area is 205 Å². The minimum Gasteiger partial charge on any atom is -0.480 e. The highest BCUT2D eigenvalue weighted by Gasteiger charge is 2.28. The number of fused-ring (bicyclic) bond motifs is 1. The number of ether oxygens (including phenoxy) is 1. The molecule has 12 heteroatoms. The average Bonchev–Trinajstić information content (AvgIpc) is 3.64. The lowest BCUT2D eigenvalue weighted by atomic mass is 10.1. The summed E-state index contributed by atoms with van der Waals surface area (Å²) in [5, 5.41) is 16.2. The van der Waals surface area contributed by atoms with Crippen molar-refractivity contribution in [3.8, 4) is 17.1 Å². The summed E-state index contributed by atoms with van der Waals surface area (Å²) in [6.07, 6.45) is 5.42. The molecule has 6 rings (SSSR count). The molecular weight excluding hydrogens is 463 g/mol. The molecule has 11 nitrogen and oxygen atoms in total. The molecule has 1 aliphatic heterocycles. The van der Waals surface area contributed by atoms with Crippen molar-refractivity contribution in [3.05, 3.63) is 60.8 Å². The maximum absolute atomic E-state index is 13.8. The number of hydrogen-bond acceptors (Lipinski definition) is 9. The SMILES string of the molecule is COc1ncc(F)cc1N1CC[C@H](n2nnc3cc(-c4ccnc(Nc5ccnn5C)n4)ccc32)C1. The molecule has 4 aromatic heterocycles. The van der Waals surface area contributed by atoms with Gasteiger partial charge in [0.05, 0.1) is 36.8 Å². The number of rotatable bonds is 6. The summed E-state index contributed by atoms with van der Waals surface area (Å²) < 4.78 is 22.8. The van der Waals surface area contributed by atoms with Crippen LogP contribution in [0.1, 0.15) is 12.5 Å². The maximum Gasteiger partial charge on any atom is 0.237 e. The molecule has 36 heavy (non-hydrogen) atoms. The van der Waals surface area contributed by atoms with Gasteiger partial charge in [-0.05, 0) is 24.6 Å². The monoisotopic (exact) mass is 486 g/mol. The second kappa shape index (κ2) is 8.87. The number of halogens is 1. The van der Waals surface area contributed by atoms with E-state index in [2.05, 4.69) is 40.6 Å². The van der Waals surface area contributed by atoms with E-state index in [0.29, 0.717) is 24.1 Å². The van der Waals surface area contributed by atoms with E-state index in [-0.39, 0.29) is 6.04 Å². The Hall–Kier alpha value is -4.61. The topological polar surface area (TPSA) is 112 Å². The van der Waals surface area contributed by atoms with Crippen LogP contribution < -0.4 is 15.0 Å². The quantitative estimate of drug-likeness (QED) is 0.386. The molecule has 0 saturated carbocycles. The molecule has 0 aliphatic carbocycles. The normalized spacial score (nSPS) is 15.5. The van der Waals surface area contributed by atoms with Gasteiger partial charge in [0, 0.05) is 44.0 Å². The van der Waals surface area contributed by atoms with Crippen molar-refractivity contribution >= 4 is 28.5 Å². The zero-order chi connectivity index (χ0) is 24.6. The van der Waals surface area contributed by atoms with Gasteiger partial charge in [-0.1, -0.05) is 11.3 Å². The smallest absolute Gasteiger partial charge is 0.237 e. The first kappa shape index (κ1) is 21.9. The molecule has 1 fully saturated rings. The van der Waals surface area contributed by atoms with Gasteiger partial charge >= 0.3 is 0 Å². The number of nitrogens with zero attached hydrogens (tertiary/aromatic N) is 9. The van der Waals surface area contributed by atoms with E-state index in [9.17, 15) is 4.39 Å². The lowest BCUT2D eigenvalue weighted by molar-refractivity contribution is 0.395. The van der Waals surface area contributed by atoms with Gasteiger partial charge in [-0.2, -0.15) is 5.10 Å². The Morgan fingerprint density at radius 3 is 2.86 bits per heavy atom. The van der Waals surface area contributed by atoms with E-state index in [1.807, 2.05) is 42.1 Å². The fraction of sp³-hybridized carbons (Fsp3) is 0.250. The van der Waals surface area contributed by atoms with Crippen LogP contribution in [0.15, 0.2) is 55.0 Å². The zero-order valence-electron chi connectivity index (χ0n) is 19.7.